The number of carbonyl (C=O) groups is 1. The molecule has 6 nitrogen and oxygen atoms in total. The number of hydrogen-bond donors (Lipinski definition) is 0. The van der Waals surface area contributed by atoms with Crippen LogP contribution in [0, 0.1) is 0 Å². The molecule has 1 aromatic heterocycles. The Hall–Kier alpha value is -3.13. The van der Waals surface area contributed by atoms with Crippen LogP contribution in [0.2, 0.25) is 0 Å². The maximum absolute atomic E-state index is 13.7. The minimum atomic E-state index is -0.0764. The monoisotopic (exact) mass is 525 g/mol. The molecular formula is C28H32ClN3O3S. The smallest absolute Gasteiger partial charge is 0.260 e. The molecule has 1 heterocycles. The Morgan fingerprint density at radius 2 is 1.53 bits per heavy atom. The Morgan fingerprint density at radius 1 is 0.861 bits per heavy atom. The van der Waals surface area contributed by atoms with Crippen molar-refractivity contribution in [1.29, 1.82) is 0 Å². The first-order valence-corrected chi connectivity index (χ1v) is 12.8. The number of ether oxygens (including phenoxy) is 2. The van der Waals surface area contributed by atoms with E-state index in [1.807, 2.05) is 79.7 Å². The zero-order chi connectivity index (χ0) is 24.6. The van der Waals surface area contributed by atoms with Crippen molar-refractivity contribution >= 4 is 45.0 Å². The lowest BCUT2D eigenvalue weighted by atomic mass is 10.2. The van der Waals surface area contributed by atoms with Crippen LogP contribution in [0.4, 0.5) is 5.13 Å². The lowest BCUT2D eigenvalue weighted by molar-refractivity contribution is 0.0983. The second kappa shape index (κ2) is 13.3. The van der Waals surface area contributed by atoms with Gasteiger partial charge in [-0.2, -0.15) is 0 Å². The van der Waals surface area contributed by atoms with E-state index in [0.29, 0.717) is 29.6 Å². The quantitative estimate of drug-likeness (QED) is 0.213. The molecule has 0 saturated heterocycles. The predicted octanol–water partition coefficient (Wildman–Crippen LogP) is 6.90. The van der Waals surface area contributed by atoms with E-state index in [0.717, 1.165) is 41.3 Å². The van der Waals surface area contributed by atoms with Gasteiger partial charge in [0.05, 0.1) is 16.8 Å². The van der Waals surface area contributed by atoms with Crippen LogP contribution in [0.5, 0.6) is 17.2 Å². The molecule has 4 rings (SSSR count). The summed E-state index contributed by atoms with van der Waals surface area (Å²) >= 11 is 1.51. The van der Waals surface area contributed by atoms with E-state index >= 15 is 0 Å². The van der Waals surface area contributed by atoms with Crippen molar-refractivity contribution in [2.45, 2.75) is 20.8 Å². The first-order valence-electron chi connectivity index (χ1n) is 12.0. The van der Waals surface area contributed by atoms with Crippen LogP contribution in [0.15, 0.2) is 72.8 Å². The third-order valence-corrected chi connectivity index (χ3v) is 6.79. The van der Waals surface area contributed by atoms with E-state index in [1.54, 1.807) is 4.90 Å². The summed E-state index contributed by atoms with van der Waals surface area (Å²) in [5, 5.41) is 0.690. The van der Waals surface area contributed by atoms with E-state index in [2.05, 4.69) is 18.7 Å². The Bertz CT molecular complexity index is 1240. The highest BCUT2D eigenvalue weighted by Gasteiger charge is 2.22. The van der Waals surface area contributed by atoms with Crippen LogP contribution in [0.1, 0.15) is 31.1 Å². The summed E-state index contributed by atoms with van der Waals surface area (Å²) < 4.78 is 12.5. The number of likely N-dealkylation sites (N-methyl/N-ethyl adjacent to an activating group) is 1. The van der Waals surface area contributed by atoms with E-state index in [-0.39, 0.29) is 18.3 Å². The van der Waals surface area contributed by atoms with E-state index in [9.17, 15) is 4.79 Å². The molecule has 0 aliphatic carbocycles. The molecule has 0 bridgehead atoms. The van der Waals surface area contributed by atoms with Crippen molar-refractivity contribution in [3.63, 3.8) is 0 Å². The van der Waals surface area contributed by atoms with Crippen molar-refractivity contribution in [2.24, 2.45) is 0 Å². The second-order valence-electron chi connectivity index (χ2n) is 7.98. The zero-order valence-corrected chi connectivity index (χ0v) is 22.5. The van der Waals surface area contributed by atoms with Crippen LogP contribution in [-0.4, -0.2) is 48.6 Å². The van der Waals surface area contributed by atoms with E-state index in [1.165, 1.54) is 11.3 Å². The number of anilines is 1. The molecule has 0 spiro atoms. The lowest BCUT2D eigenvalue weighted by Crippen LogP contribution is -2.38. The van der Waals surface area contributed by atoms with Gasteiger partial charge < -0.3 is 14.4 Å². The SMILES string of the molecule is CCOc1ccc2nc(N(CCN(CC)CC)C(=O)c3ccc(Oc4ccccc4)cc3)sc2c1.Cl. The van der Waals surface area contributed by atoms with Crippen molar-refractivity contribution in [3.05, 3.63) is 78.4 Å². The highest BCUT2D eigenvalue weighted by Crippen LogP contribution is 2.32. The van der Waals surface area contributed by atoms with E-state index < -0.39 is 0 Å². The number of rotatable bonds is 11. The van der Waals surface area contributed by atoms with Gasteiger partial charge in [0.25, 0.3) is 5.91 Å². The molecule has 4 aromatic rings. The number of fused-ring (bicyclic) bond motifs is 1. The normalized spacial score (nSPS) is 10.8. The molecular weight excluding hydrogens is 494 g/mol. The topological polar surface area (TPSA) is 54.9 Å². The standard InChI is InChI=1S/C28H31N3O3S.ClH/c1-4-30(5-2)18-19-31(28-29-25-17-16-24(33-6-3)20-26(25)35-28)27(32)21-12-14-23(15-13-21)34-22-10-8-7-9-11-22;/h7-17,20H,4-6,18-19H2,1-3H3;1H. The number of benzene rings is 3. The van der Waals surface area contributed by atoms with Gasteiger partial charge in [-0.25, -0.2) is 4.98 Å². The number of hydrogen-bond acceptors (Lipinski definition) is 6. The number of halogens is 1. The number of amides is 1. The van der Waals surface area contributed by atoms with Crippen molar-refractivity contribution < 1.29 is 14.3 Å². The molecule has 3 aromatic carbocycles. The minimum absolute atomic E-state index is 0. The fourth-order valence-corrected chi connectivity index (χ4v) is 4.79. The van der Waals surface area contributed by atoms with Gasteiger partial charge in [-0.1, -0.05) is 43.4 Å². The predicted molar refractivity (Wildman–Crippen MR) is 150 cm³/mol. The number of para-hydroxylation sites is 1. The van der Waals surface area contributed by atoms with Crippen LogP contribution in [-0.2, 0) is 0 Å². The van der Waals surface area contributed by atoms with Gasteiger partial charge >= 0.3 is 0 Å². The van der Waals surface area contributed by atoms with Crippen LogP contribution < -0.4 is 14.4 Å². The maximum Gasteiger partial charge on any atom is 0.260 e. The van der Waals surface area contributed by atoms with Gasteiger partial charge in [-0.3, -0.25) is 9.69 Å². The van der Waals surface area contributed by atoms with Gasteiger partial charge in [-0.15, -0.1) is 12.4 Å². The van der Waals surface area contributed by atoms with Crippen LogP contribution in [0.3, 0.4) is 0 Å². The highest BCUT2D eigenvalue weighted by atomic mass is 35.5. The molecule has 190 valence electrons. The molecule has 0 fully saturated rings. The third-order valence-electron chi connectivity index (χ3n) is 5.75. The Balaban J connectivity index is 0.00000361. The van der Waals surface area contributed by atoms with Crippen molar-refractivity contribution in [2.75, 3.05) is 37.7 Å². The average Bonchev–Trinajstić information content (AvgIpc) is 3.31. The molecule has 36 heavy (non-hydrogen) atoms. The summed E-state index contributed by atoms with van der Waals surface area (Å²) in [4.78, 5) is 22.5. The lowest BCUT2D eigenvalue weighted by Gasteiger charge is -2.24. The summed E-state index contributed by atoms with van der Waals surface area (Å²) in [7, 11) is 0. The zero-order valence-electron chi connectivity index (χ0n) is 20.8. The van der Waals surface area contributed by atoms with Crippen LogP contribution in [0.25, 0.3) is 10.2 Å². The van der Waals surface area contributed by atoms with Gasteiger partial charge in [0.2, 0.25) is 0 Å². The van der Waals surface area contributed by atoms with Gasteiger partial charge in [0.1, 0.15) is 17.2 Å². The summed E-state index contributed by atoms with van der Waals surface area (Å²) in [5.41, 5.74) is 1.46. The van der Waals surface area contributed by atoms with Gasteiger partial charge in [-0.05, 0) is 74.6 Å². The molecule has 0 N–H and O–H groups in total. The van der Waals surface area contributed by atoms with E-state index in [4.69, 9.17) is 14.5 Å². The molecule has 1 amide bonds. The van der Waals surface area contributed by atoms with Crippen LogP contribution >= 0.6 is 23.7 Å². The number of aromatic nitrogens is 1. The molecule has 0 aliphatic rings. The molecule has 8 heteroatoms. The first kappa shape index (κ1) is 27.5. The Morgan fingerprint density at radius 3 is 2.19 bits per heavy atom. The minimum Gasteiger partial charge on any atom is -0.494 e. The summed E-state index contributed by atoms with van der Waals surface area (Å²) in [6, 6.07) is 22.7. The summed E-state index contributed by atoms with van der Waals surface area (Å²) in [5.74, 6) is 2.18. The fraction of sp³-hybridized carbons (Fsp3) is 0.286. The van der Waals surface area contributed by atoms with Crippen molar-refractivity contribution in [3.8, 4) is 17.2 Å². The fourth-order valence-electron chi connectivity index (χ4n) is 3.78. The number of carbonyl (C=O) groups excluding carboxylic acids is 1. The number of thiazole rings is 1. The molecule has 0 atom stereocenters. The average molecular weight is 526 g/mol. The van der Waals surface area contributed by atoms with Gasteiger partial charge in [0.15, 0.2) is 5.13 Å². The van der Waals surface area contributed by atoms with Gasteiger partial charge in [0, 0.05) is 18.7 Å². The summed E-state index contributed by atoms with van der Waals surface area (Å²) in [6.07, 6.45) is 0. The third kappa shape index (κ3) is 6.75. The highest BCUT2D eigenvalue weighted by molar-refractivity contribution is 7.22. The number of nitrogens with zero attached hydrogens (tertiary/aromatic N) is 3. The maximum atomic E-state index is 13.7. The Labute approximate surface area is 222 Å². The molecule has 0 radical (unpaired) electrons. The largest absolute Gasteiger partial charge is 0.494 e. The Kier molecular flexibility index (Phi) is 10.1. The molecule has 0 aliphatic heterocycles. The second-order valence-corrected chi connectivity index (χ2v) is 8.99. The molecule has 0 saturated carbocycles. The molecule has 0 unspecified atom stereocenters. The summed E-state index contributed by atoms with van der Waals surface area (Å²) in [6.45, 7) is 10.0. The van der Waals surface area contributed by atoms with Crippen molar-refractivity contribution in [1.82, 2.24) is 9.88 Å². The first-order chi connectivity index (χ1) is 17.1.